The minimum atomic E-state index is -0.0587. The van der Waals surface area contributed by atoms with Crippen LogP contribution in [0.15, 0.2) is 48.8 Å². The predicted molar refractivity (Wildman–Crippen MR) is 102 cm³/mol. The van der Waals surface area contributed by atoms with E-state index in [4.69, 9.17) is 0 Å². The lowest BCUT2D eigenvalue weighted by Gasteiger charge is -2.21. The quantitative estimate of drug-likeness (QED) is 0.747. The van der Waals surface area contributed by atoms with Crippen LogP contribution in [-0.4, -0.2) is 28.4 Å². The number of nitrogens with one attached hydrogen (secondary N) is 1. The molecule has 0 radical (unpaired) electrons. The fourth-order valence-corrected chi connectivity index (χ4v) is 3.00. The molecule has 0 atom stereocenters. The Hall–Kier alpha value is -2.82. The summed E-state index contributed by atoms with van der Waals surface area (Å²) >= 11 is 0. The number of imidazole rings is 1. The Balaban J connectivity index is 1.66. The lowest BCUT2D eigenvalue weighted by atomic mass is 10.2. The first kappa shape index (κ1) is 17.0. The van der Waals surface area contributed by atoms with Crippen LogP contribution in [0, 0.1) is 6.92 Å². The molecule has 0 saturated heterocycles. The van der Waals surface area contributed by atoms with Gasteiger partial charge in [-0.15, -0.1) is 0 Å². The highest BCUT2D eigenvalue weighted by Gasteiger charge is 2.09. The third-order valence-corrected chi connectivity index (χ3v) is 4.35. The van der Waals surface area contributed by atoms with E-state index in [-0.39, 0.29) is 12.3 Å². The molecule has 0 aliphatic heterocycles. The third-order valence-electron chi connectivity index (χ3n) is 4.35. The van der Waals surface area contributed by atoms with Gasteiger partial charge in [0.25, 0.3) is 0 Å². The minimum Gasteiger partial charge on any atom is -0.372 e. The van der Waals surface area contributed by atoms with Crippen molar-refractivity contribution in [3.8, 4) is 0 Å². The van der Waals surface area contributed by atoms with Gasteiger partial charge in [-0.25, -0.2) is 4.98 Å². The molecule has 2 aromatic heterocycles. The molecule has 0 unspecified atom stereocenters. The zero-order chi connectivity index (χ0) is 17.8. The summed E-state index contributed by atoms with van der Waals surface area (Å²) < 4.78 is 1.96. The molecule has 3 rings (SSSR count). The summed E-state index contributed by atoms with van der Waals surface area (Å²) in [6.45, 7) is 8.22. The second-order valence-corrected chi connectivity index (χ2v) is 6.10. The van der Waals surface area contributed by atoms with Gasteiger partial charge in [0.1, 0.15) is 5.65 Å². The van der Waals surface area contributed by atoms with Crippen LogP contribution >= 0.6 is 0 Å². The molecular weight excluding hydrogens is 312 g/mol. The number of amides is 1. The smallest absolute Gasteiger partial charge is 0.230 e. The van der Waals surface area contributed by atoms with Crippen molar-refractivity contribution in [2.24, 2.45) is 0 Å². The number of fused-ring (bicyclic) bond motifs is 1. The molecule has 1 amide bonds. The van der Waals surface area contributed by atoms with Gasteiger partial charge in [0.2, 0.25) is 5.91 Å². The fourth-order valence-electron chi connectivity index (χ4n) is 3.00. The molecule has 0 fully saturated rings. The molecule has 3 aromatic rings. The van der Waals surface area contributed by atoms with Crippen molar-refractivity contribution in [2.45, 2.75) is 27.2 Å². The first-order valence-electron chi connectivity index (χ1n) is 8.68. The molecule has 0 spiro atoms. The molecule has 0 aliphatic carbocycles. The van der Waals surface area contributed by atoms with Crippen molar-refractivity contribution in [2.75, 3.05) is 23.3 Å². The number of carbonyl (C=O) groups excluding carboxylic acids is 1. The summed E-state index contributed by atoms with van der Waals surface area (Å²) in [6.07, 6.45) is 4.12. The highest BCUT2D eigenvalue weighted by atomic mass is 16.1. The van der Waals surface area contributed by atoms with Crippen LogP contribution in [0.1, 0.15) is 25.1 Å². The van der Waals surface area contributed by atoms with Crippen molar-refractivity contribution < 1.29 is 4.79 Å². The number of aryl methyl sites for hydroxylation is 1. The summed E-state index contributed by atoms with van der Waals surface area (Å²) in [6, 6.07) is 12.0. The maximum Gasteiger partial charge on any atom is 0.230 e. The van der Waals surface area contributed by atoms with Crippen LogP contribution in [0.3, 0.4) is 0 Å². The number of benzene rings is 1. The van der Waals surface area contributed by atoms with Gasteiger partial charge >= 0.3 is 0 Å². The standard InChI is InChI=1S/C20H24N4O/c1-4-23(5-2)18-10-8-16(9-11-18)21-19(25)13-17-14-24-12-6-7-15(3)20(24)22-17/h6-12,14H,4-5,13H2,1-3H3,(H,21,25). The van der Waals surface area contributed by atoms with E-state index in [0.717, 1.165) is 35.7 Å². The van der Waals surface area contributed by atoms with Crippen molar-refractivity contribution in [1.29, 1.82) is 0 Å². The second-order valence-electron chi connectivity index (χ2n) is 6.10. The summed E-state index contributed by atoms with van der Waals surface area (Å²) in [5, 5.41) is 2.94. The molecule has 2 heterocycles. The lowest BCUT2D eigenvalue weighted by Crippen LogP contribution is -2.21. The summed E-state index contributed by atoms with van der Waals surface area (Å²) in [4.78, 5) is 19.1. The van der Waals surface area contributed by atoms with Crippen molar-refractivity contribution in [3.05, 3.63) is 60.0 Å². The van der Waals surface area contributed by atoms with Gasteiger partial charge in [0, 0.05) is 36.9 Å². The molecule has 0 aliphatic rings. The van der Waals surface area contributed by atoms with E-state index in [2.05, 4.69) is 29.0 Å². The van der Waals surface area contributed by atoms with E-state index in [0.29, 0.717) is 0 Å². The Bertz CT molecular complexity index is 863. The Morgan fingerprint density at radius 2 is 1.88 bits per heavy atom. The fraction of sp³-hybridized carbons (Fsp3) is 0.300. The molecule has 5 nitrogen and oxygen atoms in total. The average molecular weight is 336 g/mol. The summed E-state index contributed by atoms with van der Waals surface area (Å²) in [5.41, 5.74) is 4.74. The first-order chi connectivity index (χ1) is 12.1. The van der Waals surface area contributed by atoms with Crippen molar-refractivity contribution in [1.82, 2.24) is 9.38 Å². The van der Waals surface area contributed by atoms with E-state index in [1.165, 1.54) is 5.69 Å². The number of anilines is 2. The van der Waals surface area contributed by atoms with Gasteiger partial charge in [-0.2, -0.15) is 0 Å². The normalized spacial score (nSPS) is 10.8. The minimum absolute atomic E-state index is 0.0587. The Labute approximate surface area is 148 Å². The second kappa shape index (κ2) is 7.38. The van der Waals surface area contributed by atoms with Crippen LogP contribution in [-0.2, 0) is 11.2 Å². The van der Waals surface area contributed by atoms with E-state index < -0.39 is 0 Å². The molecule has 25 heavy (non-hydrogen) atoms. The number of rotatable bonds is 6. The zero-order valence-corrected chi connectivity index (χ0v) is 15.0. The van der Waals surface area contributed by atoms with Crippen LogP contribution in [0.2, 0.25) is 0 Å². The molecular formula is C20H24N4O. The topological polar surface area (TPSA) is 49.6 Å². The van der Waals surface area contributed by atoms with Gasteiger partial charge < -0.3 is 14.6 Å². The number of pyridine rings is 1. The van der Waals surface area contributed by atoms with Crippen molar-refractivity contribution >= 4 is 22.9 Å². The molecule has 130 valence electrons. The zero-order valence-electron chi connectivity index (χ0n) is 15.0. The van der Waals surface area contributed by atoms with Gasteiger partial charge in [-0.05, 0) is 56.7 Å². The van der Waals surface area contributed by atoms with Crippen molar-refractivity contribution in [3.63, 3.8) is 0 Å². The van der Waals surface area contributed by atoms with Crippen LogP contribution in [0.5, 0.6) is 0 Å². The van der Waals surface area contributed by atoms with Gasteiger partial charge in [0.05, 0.1) is 12.1 Å². The van der Waals surface area contributed by atoms with Crippen LogP contribution < -0.4 is 10.2 Å². The average Bonchev–Trinajstić information content (AvgIpc) is 3.01. The maximum absolute atomic E-state index is 12.3. The Morgan fingerprint density at radius 1 is 1.16 bits per heavy atom. The number of nitrogens with zero attached hydrogens (tertiary/aromatic N) is 3. The lowest BCUT2D eigenvalue weighted by molar-refractivity contribution is -0.115. The van der Waals surface area contributed by atoms with Gasteiger partial charge in [-0.1, -0.05) is 6.07 Å². The van der Waals surface area contributed by atoms with Gasteiger partial charge in [-0.3, -0.25) is 4.79 Å². The largest absolute Gasteiger partial charge is 0.372 e. The number of hydrogen-bond donors (Lipinski definition) is 1. The van der Waals surface area contributed by atoms with Crippen LogP contribution in [0.4, 0.5) is 11.4 Å². The Morgan fingerprint density at radius 3 is 2.52 bits per heavy atom. The first-order valence-corrected chi connectivity index (χ1v) is 8.68. The monoisotopic (exact) mass is 336 g/mol. The maximum atomic E-state index is 12.3. The summed E-state index contributed by atoms with van der Waals surface area (Å²) in [5.74, 6) is -0.0587. The van der Waals surface area contributed by atoms with Crippen LogP contribution in [0.25, 0.3) is 5.65 Å². The number of hydrogen-bond acceptors (Lipinski definition) is 3. The predicted octanol–water partition coefficient (Wildman–Crippen LogP) is 3.67. The number of carbonyl (C=O) groups is 1. The summed E-state index contributed by atoms with van der Waals surface area (Å²) in [7, 11) is 0. The van der Waals surface area contributed by atoms with Gasteiger partial charge in [0.15, 0.2) is 0 Å². The molecule has 1 N–H and O–H groups in total. The van der Waals surface area contributed by atoms with E-state index in [1.807, 2.05) is 60.1 Å². The van der Waals surface area contributed by atoms with E-state index in [9.17, 15) is 4.79 Å². The Kier molecular flexibility index (Phi) is 5.03. The highest BCUT2D eigenvalue weighted by Crippen LogP contribution is 2.18. The number of aromatic nitrogens is 2. The molecule has 0 saturated carbocycles. The SMILES string of the molecule is CCN(CC)c1ccc(NC(=O)Cc2cn3cccc(C)c3n2)cc1. The highest BCUT2D eigenvalue weighted by molar-refractivity contribution is 5.92. The molecule has 5 heteroatoms. The van der Waals surface area contributed by atoms with E-state index >= 15 is 0 Å². The van der Waals surface area contributed by atoms with E-state index in [1.54, 1.807) is 0 Å². The third kappa shape index (κ3) is 3.82. The molecule has 0 bridgehead atoms. The molecule has 1 aromatic carbocycles.